The Labute approximate surface area is 125 Å². The smallest absolute Gasteiger partial charge is 0.182 e. The van der Waals surface area contributed by atoms with Crippen molar-refractivity contribution in [1.82, 2.24) is 20.2 Å². The fourth-order valence-electron chi connectivity index (χ4n) is 3.28. The zero-order chi connectivity index (χ0) is 15.4. The summed E-state index contributed by atoms with van der Waals surface area (Å²) in [5.41, 5.74) is 9.46. The van der Waals surface area contributed by atoms with Gasteiger partial charge in [0.15, 0.2) is 5.82 Å². The minimum atomic E-state index is 0.322. The molecule has 2 aromatic rings. The first-order chi connectivity index (χ1) is 9.75. The van der Waals surface area contributed by atoms with Crippen molar-refractivity contribution in [3.05, 3.63) is 23.8 Å². The fourth-order valence-corrected chi connectivity index (χ4v) is 3.28. The van der Waals surface area contributed by atoms with Gasteiger partial charge in [0, 0.05) is 17.8 Å². The highest BCUT2D eigenvalue weighted by Gasteiger charge is 2.64. The first-order valence-corrected chi connectivity index (χ1v) is 7.38. The Morgan fingerprint density at radius 1 is 1.19 bits per heavy atom. The zero-order valence-corrected chi connectivity index (χ0v) is 13.4. The summed E-state index contributed by atoms with van der Waals surface area (Å²) in [5, 5.41) is 12.2. The van der Waals surface area contributed by atoms with E-state index in [0.717, 1.165) is 29.2 Å². The molecule has 1 aromatic carbocycles. The third-order valence-corrected chi connectivity index (χ3v) is 5.74. The molecule has 0 amide bonds. The molecule has 2 N–H and O–H groups in total. The van der Waals surface area contributed by atoms with Crippen LogP contribution in [0.25, 0.3) is 11.4 Å². The minimum absolute atomic E-state index is 0.322. The largest absolute Gasteiger partial charge is 0.398 e. The van der Waals surface area contributed by atoms with Crippen LogP contribution in [0.4, 0.5) is 5.69 Å². The summed E-state index contributed by atoms with van der Waals surface area (Å²) in [6.07, 6.45) is 0. The molecule has 5 heteroatoms. The van der Waals surface area contributed by atoms with Gasteiger partial charge < -0.3 is 5.73 Å². The van der Waals surface area contributed by atoms with Crippen molar-refractivity contribution in [2.75, 3.05) is 5.73 Å². The fraction of sp³-hybridized carbons (Fsp3) is 0.562. The predicted octanol–water partition coefficient (Wildman–Crippen LogP) is 2.91. The van der Waals surface area contributed by atoms with Gasteiger partial charge in [0.25, 0.3) is 0 Å². The van der Waals surface area contributed by atoms with E-state index in [2.05, 4.69) is 43.2 Å². The van der Waals surface area contributed by atoms with E-state index in [1.54, 1.807) is 0 Å². The standard InChI is InChI=1S/C16H23N5/c1-10-6-7-11(8-12(10)17)14-18-19-20-21(14)9-13-15(2,3)16(13,4)5/h6-8,13H,9,17H2,1-5H3. The third kappa shape index (κ3) is 2.03. The van der Waals surface area contributed by atoms with Crippen molar-refractivity contribution in [3.63, 3.8) is 0 Å². The molecule has 0 atom stereocenters. The molecule has 1 aromatic heterocycles. The molecular formula is C16H23N5. The normalized spacial score (nSPS) is 19.7. The maximum Gasteiger partial charge on any atom is 0.182 e. The molecule has 1 heterocycles. The summed E-state index contributed by atoms with van der Waals surface area (Å²) < 4.78 is 1.91. The van der Waals surface area contributed by atoms with Gasteiger partial charge in [-0.1, -0.05) is 39.8 Å². The van der Waals surface area contributed by atoms with Crippen LogP contribution in [0, 0.1) is 23.7 Å². The van der Waals surface area contributed by atoms with E-state index in [-0.39, 0.29) is 0 Å². The molecule has 112 valence electrons. The van der Waals surface area contributed by atoms with Crippen LogP contribution in [-0.2, 0) is 6.54 Å². The van der Waals surface area contributed by atoms with Gasteiger partial charge in [-0.25, -0.2) is 4.68 Å². The second-order valence-corrected chi connectivity index (χ2v) is 7.25. The monoisotopic (exact) mass is 285 g/mol. The summed E-state index contributed by atoms with van der Waals surface area (Å²) in [4.78, 5) is 0. The summed E-state index contributed by atoms with van der Waals surface area (Å²) >= 11 is 0. The molecule has 5 nitrogen and oxygen atoms in total. The number of nitrogen functional groups attached to an aromatic ring is 1. The van der Waals surface area contributed by atoms with Crippen LogP contribution in [0.2, 0.25) is 0 Å². The van der Waals surface area contributed by atoms with E-state index in [9.17, 15) is 0 Å². The molecule has 1 fully saturated rings. The molecule has 0 aliphatic heterocycles. The van der Waals surface area contributed by atoms with Gasteiger partial charge in [0.05, 0.1) is 0 Å². The molecule has 1 aliphatic rings. The summed E-state index contributed by atoms with van der Waals surface area (Å²) in [6, 6.07) is 5.98. The SMILES string of the molecule is Cc1ccc(-c2nnnn2CC2C(C)(C)C2(C)C)cc1N. The predicted molar refractivity (Wildman–Crippen MR) is 83.5 cm³/mol. The van der Waals surface area contributed by atoms with E-state index >= 15 is 0 Å². The highest BCUT2D eigenvalue weighted by atomic mass is 15.5. The van der Waals surface area contributed by atoms with Gasteiger partial charge in [-0.3, -0.25) is 0 Å². The Balaban J connectivity index is 1.90. The average Bonchev–Trinajstić information content (AvgIpc) is 2.77. The Morgan fingerprint density at radius 2 is 1.86 bits per heavy atom. The molecular weight excluding hydrogens is 262 g/mol. The lowest BCUT2D eigenvalue weighted by Crippen LogP contribution is -2.08. The molecule has 1 saturated carbocycles. The molecule has 3 rings (SSSR count). The van der Waals surface area contributed by atoms with E-state index in [1.165, 1.54) is 0 Å². The second-order valence-electron chi connectivity index (χ2n) is 7.25. The number of aryl methyl sites for hydroxylation is 1. The Bertz CT molecular complexity index is 670. The quantitative estimate of drug-likeness (QED) is 0.880. The van der Waals surface area contributed by atoms with Crippen molar-refractivity contribution in [1.29, 1.82) is 0 Å². The lowest BCUT2D eigenvalue weighted by Gasteiger charge is -2.07. The summed E-state index contributed by atoms with van der Waals surface area (Å²) in [5.74, 6) is 1.37. The van der Waals surface area contributed by atoms with Crippen LogP contribution >= 0.6 is 0 Å². The molecule has 0 unspecified atom stereocenters. The van der Waals surface area contributed by atoms with Crippen LogP contribution < -0.4 is 5.73 Å². The first kappa shape index (κ1) is 14.0. The molecule has 0 bridgehead atoms. The number of nitrogens with two attached hydrogens (primary N) is 1. The van der Waals surface area contributed by atoms with E-state index in [1.807, 2.05) is 29.8 Å². The molecule has 0 spiro atoms. The van der Waals surface area contributed by atoms with Gasteiger partial charge in [0.2, 0.25) is 0 Å². The lowest BCUT2D eigenvalue weighted by molar-refractivity contribution is 0.457. The van der Waals surface area contributed by atoms with Gasteiger partial charge in [0.1, 0.15) is 0 Å². The zero-order valence-electron chi connectivity index (χ0n) is 13.4. The Hall–Kier alpha value is -1.91. The highest BCUT2D eigenvalue weighted by molar-refractivity contribution is 5.63. The summed E-state index contributed by atoms with van der Waals surface area (Å²) in [6.45, 7) is 12.1. The maximum absolute atomic E-state index is 6.00. The lowest BCUT2D eigenvalue weighted by atomic mass is 10.0. The Morgan fingerprint density at radius 3 is 2.43 bits per heavy atom. The Kier molecular flexibility index (Phi) is 2.87. The molecule has 0 saturated heterocycles. The van der Waals surface area contributed by atoms with Crippen molar-refractivity contribution < 1.29 is 0 Å². The molecule has 1 aliphatic carbocycles. The van der Waals surface area contributed by atoms with Crippen molar-refractivity contribution in [3.8, 4) is 11.4 Å². The van der Waals surface area contributed by atoms with Crippen LogP contribution in [0.3, 0.4) is 0 Å². The minimum Gasteiger partial charge on any atom is -0.398 e. The van der Waals surface area contributed by atoms with Crippen molar-refractivity contribution >= 4 is 5.69 Å². The highest BCUT2D eigenvalue weighted by Crippen LogP contribution is 2.68. The molecule has 21 heavy (non-hydrogen) atoms. The van der Waals surface area contributed by atoms with Gasteiger partial charge in [-0.05, 0) is 45.7 Å². The van der Waals surface area contributed by atoms with Crippen molar-refractivity contribution in [2.45, 2.75) is 41.2 Å². The van der Waals surface area contributed by atoms with Crippen LogP contribution in [0.15, 0.2) is 18.2 Å². The number of aromatic nitrogens is 4. The third-order valence-electron chi connectivity index (χ3n) is 5.74. The second kappa shape index (κ2) is 4.29. The number of nitrogens with zero attached hydrogens (tertiary/aromatic N) is 4. The topological polar surface area (TPSA) is 69.6 Å². The van der Waals surface area contributed by atoms with Crippen molar-refractivity contribution in [2.24, 2.45) is 16.7 Å². The summed E-state index contributed by atoms with van der Waals surface area (Å²) in [7, 11) is 0. The maximum atomic E-state index is 6.00. The van der Waals surface area contributed by atoms with Gasteiger partial charge in [-0.15, -0.1) is 5.10 Å². The van der Waals surface area contributed by atoms with E-state index < -0.39 is 0 Å². The number of hydrogen-bond acceptors (Lipinski definition) is 4. The number of benzene rings is 1. The van der Waals surface area contributed by atoms with E-state index in [0.29, 0.717) is 16.7 Å². The van der Waals surface area contributed by atoms with Gasteiger partial charge >= 0.3 is 0 Å². The molecule has 0 radical (unpaired) electrons. The van der Waals surface area contributed by atoms with Crippen LogP contribution in [-0.4, -0.2) is 20.2 Å². The first-order valence-electron chi connectivity index (χ1n) is 7.38. The number of hydrogen-bond donors (Lipinski definition) is 1. The average molecular weight is 285 g/mol. The number of rotatable bonds is 3. The van der Waals surface area contributed by atoms with Gasteiger partial charge in [-0.2, -0.15) is 0 Å². The number of anilines is 1. The van der Waals surface area contributed by atoms with Crippen LogP contribution in [0.5, 0.6) is 0 Å². The van der Waals surface area contributed by atoms with Crippen LogP contribution in [0.1, 0.15) is 33.3 Å². The van der Waals surface area contributed by atoms with E-state index in [4.69, 9.17) is 5.73 Å². The number of tetrazole rings is 1.